The maximum atomic E-state index is 13.3. The van der Waals surface area contributed by atoms with Crippen LogP contribution in [0, 0.1) is 0 Å². The molecule has 5 rings (SSSR count). The molecule has 8 heteroatoms. The molecule has 3 aromatic carbocycles. The van der Waals surface area contributed by atoms with Gasteiger partial charge in [0.2, 0.25) is 0 Å². The van der Waals surface area contributed by atoms with Crippen molar-refractivity contribution in [3.8, 4) is 11.4 Å². The molecule has 0 atom stereocenters. The van der Waals surface area contributed by atoms with E-state index in [0.717, 1.165) is 23.2 Å². The molecule has 1 amide bonds. The smallest absolute Gasteiger partial charge is 0.416 e. The van der Waals surface area contributed by atoms with Crippen molar-refractivity contribution in [2.24, 2.45) is 0 Å². The summed E-state index contributed by atoms with van der Waals surface area (Å²) in [6.45, 7) is 1.23. The van der Waals surface area contributed by atoms with E-state index in [-0.39, 0.29) is 11.4 Å². The van der Waals surface area contributed by atoms with Crippen LogP contribution in [-0.4, -0.2) is 23.6 Å². The van der Waals surface area contributed by atoms with E-state index >= 15 is 0 Å². The third-order valence-corrected chi connectivity index (χ3v) is 5.29. The molecule has 0 aliphatic carbocycles. The quantitative estimate of drug-likeness (QED) is 0.432. The minimum Gasteiger partial charge on any atom is -0.490 e. The summed E-state index contributed by atoms with van der Waals surface area (Å²) in [6.07, 6.45) is -4.49. The van der Waals surface area contributed by atoms with Crippen LogP contribution in [0.15, 0.2) is 72.8 Å². The summed E-state index contributed by atoms with van der Waals surface area (Å²) in [4.78, 5) is 13.2. The van der Waals surface area contributed by atoms with Gasteiger partial charge in [-0.1, -0.05) is 24.3 Å². The number of anilines is 2. The molecular formula is C24H18F3N3O2. The monoisotopic (exact) mass is 437 g/mol. The molecular weight excluding hydrogens is 419 g/mol. The molecule has 0 saturated carbocycles. The Morgan fingerprint density at radius 1 is 1.00 bits per heavy atom. The summed E-state index contributed by atoms with van der Waals surface area (Å²) >= 11 is 0. The van der Waals surface area contributed by atoms with Crippen LogP contribution < -0.4 is 15.4 Å². The van der Waals surface area contributed by atoms with E-state index in [2.05, 4.69) is 10.6 Å². The first-order valence-corrected chi connectivity index (χ1v) is 10.0. The van der Waals surface area contributed by atoms with Crippen LogP contribution in [0.2, 0.25) is 0 Å². The van der Waals surface area contributed by atoms with Crippen molar-refractivity contribution in [2.75, 3.05) is 23.8 Å². The number of alkyl halides is 3. The van der Waals surface area contributed by atoms with Crippen molar-refractivity contribution < 1.29 is 22.7 Å². The van der Waals surface area contributed by atoms with Crippen LogP contribution in [-0.2, 0) is 6.18 Å². The standard InChI is InChI=1S/C24H18F3N3O2/c25-24(26,27)16-5-3-6-18(13-16)30-20-7-2-1-4-15(20)12-21(30)23(31)29-17-8-9-22-19(14-17)28-10-11-32-22/h1-9,12-14,28H,10-11H2,(H,29,31). The second-order valence-corrected chi connectivity index (χ2v) is 7.41. The topological polar surface area (TPSA) is 55.3 Å². The van der Waals surface area contributed by atoms with E-state index in [4.69, 9.17) is 4.74 Å². The largest absolute Gasteiger partial charge is 0.490 e. The number of halogens is 3. The number of carbonyl (C=O) groups excluding carboxylic acids is 1. The number of hydrogen-bond donors (Lipinski definition) is 2. The number of aromatic nitrogens is 1. The van der Waals surface area contributed by atoms with Crippen LogP contribution in [0.3, 0.4) is 0 Å². The van der Waals surface area contributed by atoms with E-state index in [1.165, 1.54) is 6.07 Å². The zero-order valence-electron chi connectivity index (χ0n) is 16.7. The number of amides is 1. The molecule has 162 valence electrons. The van der Waals surface area contributed by atoms with Crippen LogP contribution >= 0.6 is 0 Å². The molecule has 0 saturated heterocycles. The molecule has 32 heavy (non-hydrogen) atoms. The molecule has 2 heterocycles. The number of benzene rings is 3. The molecule has 2 N–H and O–H groups in total. The zero-order chi connectivity index (χ0) is 22.3. The van der Waals surface area contributed by atoms with E-state index in [9.17, 15) is 18.0 Å². The van der Waals surface area contributed by atoms with E-state index < -0.39 is 17.6 Å². The molecule has 0 radical (unpaired) electrons. The molecule has 1 aliphatic rings. The molecule has 0 bridgehead atoms. The van der Waals surface area contributed by atoms with Crippen molar-refractivity contribution in [3.05, 3.63) is 84.1 Å². The average Bonchev–Trinajstić information content (AvgIpc) is 3.18. The number of rotatable bonds is 3. The first-order valence-electron chi connectivity index (χ1n) is 10.0. The van der Waals surface area contributed by atoms with E-state index in [0.29, 0.717) is 30.1 Å². The maximum absolute atomic E-state index is 13.3. The molecule has 0 unspecified atom stereocenters. The number of nitrogens with one attached hydrogen (secondary N) is 2. The second kappa shape index (κ2) is 7.64. The van der Waals surface area contributed by atoms with Crippen molar-refractivity contribution in [3.63, 3.8) is 0 Å². The highest BCUT2D eigenvalue weighted by molar-refractivity contribution is 6.07. The lowest BCUT2D eigenvalue weighted by atomic mass is 10.2. The fourth-order valence-corrected chi connectivity index (χ4v) is 3.83. The van der Waals surface area contributed by atoms with E-state index in [1.54, 1.807) is 47.0 Å². The minimum atomic E-state index is -4.49. The summed E-state index contributed by atoms with van der Waals surface area (Å²) in [5, 5.41) is 6.80. The van der Waals surface area contributed by atoms with Crippen LogP contribution in [0.25, 0.3) is 16.6 Å². The molecule has 4 aromatic rings. The molecule has 1 aromatic heterocycles. The summed E-state index contributed by atoms with van der Waals surface area (Å²) < 4.78 is 47.0. The Morgan fingerprint density at radius 2 is 1.84 bits per heavy atom. The Hall–Kier alpha value is -3.94. The predicted molar refractivity (Wildman–Crippen MR) is 117 cm³/mol. The predicted octanol–water partition coefficient (Wildman–Crippen LogP) is 5.71. The third-order valence-electron chi connectivity index (χ3n) is 5.29. The van der Waals surface area contributed by atoms with Gasteiger partial charge in [0, 0.05) is 23.3 Å². The molecule has 0 fully saturated rings. The van der Waals surface area contributed by atoms with Gasteiger partial charge >= 0.3 is 6.18 Å². The Kier molecular flexibility index (Phi) is 4.77. The van der Waals surface area contributed by atoms with Gasteiger partial charge in [0.05, 0.1) is 16.8 Å². The lowest BCUT2D eigenvalue weighted by Gasteiger charge is -2.20. The van der Waals surface area contributed by atoms with Gasteiger partial charge in [-0.25, -0.2) is 0 Å². The van der Waals surface area contributed by atoms with Crippen LogP contribution in [0.5, 0.6) is 5.75 Å². The number of ether oxygens (including phenoxy) is 1. The SMILES string of the molecule is O=C(Nc1ccc2c(c1)NCCO2)c1cc2ccccc2n1-c1cccc(C(F)(F)F)c1. The highest BCUT2D eigenvalue weighted by Crippen LogP contribution is 2.33. The van der Waals surface area contributed by atoms with Gasteiger partial charge in [0.15, 0.2) is 0 Å². The summed E-state index contributed by atoms with van der Waals surface area (Å²) in [7, 11) is 0. The van der Waals surface area contributed by atoms with Crippen molar-refractivity contribution in [1.29, 1.82) is 0 Å². The zero-order valence-corrected chi connectivity index (χ0v) is 16.7. The molecule has 0 spiro atoms. The fraction of sp³-hybridized carbons (Fsp3) is 0.125. The Labute approximate surface area is 181 Å². The Balaban J connectivity index is 1.57. The van der Waals surface area contributed by atoms with Gasteiger partial charge < -0.3 is 19.9 Å². The lowest BCUT2D eigenvalue weighted by Crippen LogP contribution is -2.19. The molecule has 5 nitrogen and oxygen atoms in total. The van der Waals surface area contributed by atoms with Crippen LogP contribution in [0.1, 0.15) is 16.1 Å². The van der Waals surface area contributed by atoms with Gasteiger partial charge in [-0.05, 0) is 48.5 Å². The van der Waals surface area contributed by atoms with Gasteiger partial charge in [0.25, 0.3) is 5.91 Å². The third kappa shape index (κ3) is 3.64. The Morgan fingerprint density at radius 3 is 2.69 bits per heavy atom. The maximum Gasteiger partial charge on any atom is 0.416 e. The second-order valence-electron chi connectivity index (χ2n) is 7.41. The lowest BCUT2D eigenvalue weighted by molar-refractivity contribution is -0.137. The van der Waals surface area contributed by atoms with E-state index in [1.807, 2.05) is 12.1 Å². The highest BCUT2D eigenvalue weighted by atomic mass is 19.4. The number of hydrogen-bond acceptors (Lipinski definition) is 3. The number of nitrogens with zero attached hydrogens (tertiary/aromatic N) is 1. The normalized spacial score (nSPS) is 13.2. The van der Waals surface area contributed by atoms with Gasteiger partial charge in [-0.15, -0.1) is 0 Å². The first kappa shape index (κ1) is 20.0. The highest BCUT2D eigenvalue weighted by Gasteiger charge is 2.31. The first-order chi connectivity index (χ1) is 15.4. The van der Waals surface area contributed by atoms with Crippen molar-refractivity contribution >= 4 is 28.2 Å². The number of fused-ring (bicyclic) bond motifs is 2. The summed E-state index contributed by atoms with van der Waals surface area (Å²) in [6, 6.07) is 19.1. The molecule has 1 aliphatic heterocycles. The fourth-order valence-electron chi connectivity index (χ4n) is 3.83. The van der Waals surface area contributed by atoms with Crippen molar-refractivity contribution in [1.82, 2.24) is 4.57 Å². The average molecular weight is 437 g/mol. The minimum absolute atomic E-state index is 0.229. The van der Waals surface area contributed by atoms with Gasteiger partial charge in [-0.3, -0.25) is 4.79 Å². The summed E-state index contributed by atoms with van der Waals surface area (Å²) in [5.74, 6) is 0.266. The number of para-hydroxylation sites is 1. The van der Waals surface area contributed by atoms with Gasteiger partial charge in [-0.2, -0.15) is 13.2 Å². The van der Waals surface area contributed by atoms with Crippen molar-refractivity contribution in [2.45, 2.75) is 6.18 Å². The summed E-state index contributed by atoms with van der Waals surface area (Å²) in [5.41, 5.74) is 1.66. The number of carbonyl (C=O) groups is 1. The van der Waals surface area contributed by atoms with Crippen LogP contribution in [0.4, 0.5) is 24.5 Å². The Bertz CT molecular complexity index is 1330. The van der Waals surface area contributed by atoms with Gasteiger partial charge in [0.1, 0.15) is 18.1 Å².